The Morgan fingerprint density at radius 2 is 0.315 bits per heavy atom. The molecule has 0 aliphatic rings. The van der Waals surface area contributed by atoms with Gasteiger partial charge in [-0.25, -0.2) is 0 Å². The third-order valence-electron chi connectivity index (χ3n) is 8.20. The van der Waals surface area contributed by atoms with E-state index in [9.17, 15) is 149 Å². The molecule has 0 aliphatic carbocycles. The number of nitrogens with one attached hydrogen (secondary N) is 3. The zero-order valence-corrected chi connectivity index (χ0v) is 57.9. The average Bonchev–Trinajstić information content (AvgIpc) is 3.30. The standard InChI is InChI=1S/3C10H16N2O8.3C4H10N2O2.5Gd/c3*13-7(14)3-11(4-8(15)16)1-2-12(5-9(17)18)6-10(19)20;3*5-1-2-6-3-4(7)8;;;;;/h3*1-6H2,(H,13,14)(H,15,16)(H,17,18)(H,19,20);3*6H,1-3,5H2,(H,7,8);;;;;/q;;;;;;5*+3/p-15. The molecule has 5 radical (unpaired) electrons. The molecule has 0 aromatic heterocycles. The van der Waals surface area contributed by atoms with E-state index in [0.717, 1.165) is 29.4 Å². The summed E-state index contributed by atoms with van der Waals surface area (Å²) in [7, 11) is 0. The molecule has 0 fully saturated rings. The largest absolute Gasteiger partial charge is 3.00 e. The van der Waals surface area contributed by atoms with Crippen molar-refractivity contribution in [3.05, 3.63) is 0 Å². The first-order valence-electron chi connectivity index (χ1n) is 23.5. The topological polar surface area (TPSA) is 736 Å². The zero-order valence-electron chi connectivity index (χ0n) is 46.5. The van der Waals surface area contributed by atoms with Crippen molar-refractivity contribution in [2.24, 2.45) is 17.2 Å². The molecule has 47 heteroatoms. The van der Waals surface area contributed by atoms with Crippen LogP contribution < -0.4 is 110 Å². The van der Waals surface area contributed by atoms with E-state index in [1.54, 1.807) is 0 Å². The maximum Gasteiger partial charge on any atom is 3.00 e. The van der Waals surface area contributed by atoms with Crippen LogP contribution in [0, 0.1) is 200 Å². The molecule has 0 rings (SSSR count). The Labute approximate surface area is 667 Å². The number of hydrogen-bond donors (Lipinski definition) is 6. The third kappa shape index (κ3) is 105. The first kappa shape index (κ1) is 112. The van der Waals surface area contributed by atoms with Gasteiger partial charge in [0, 0.05) is 177 Å². The maximum atomic E-state index is 10.4. The Kier molecular flexibility index (Phi) is 94.3. The number of rotatable bonds is 45. The molecule has 9 N–H and O–H groups in total. The van der Waals surface area contributed by atoms with Gasteiger partial charge in [-0.05, 0) is 0 Å². The van der Waals surface area contributed by atoms with Gasteiger partial charge in [0.1, 0.15) is 0 Å². The van der Waals surface area contributed by atoms with Crippen LogP contribution in [0.5, 0.6) is 0 Å². The molecular weight excluding hydrogens is 1940 g/mol. The predicted octanol–water partition coefficient (Wildman–Crippen LogP) is -30.4. The molecule has 42 nitrogen and oxygen atoms in total. The smallest absolute Gasteiger partial charge is 0.549 e. The van der Waals surface area contributed by atoms with Crippen molar-refractivity contribution < 1.29 is 348 Å². The summed E-state index contributed by atoms with van der Waals surface area (Å²) in [6.45, 7) is -7.17. The van der Waals surface area contributed by atoms with E-state index in [2.05, 4.69) is 16.0 Å². The monoisotopic (exact) mass is 2000 g/mol. The maximum absolute atomic E-state index is 10.4. The summed E-state index contributed by atoms with van der Waals surface area (Å²) in [5.41, 5.74) is 15.1. The molecule has 511 valence electrons. The fourth-order valence-electron chi connectivity index (χ4n) is 5.20. The Morgan fingerprint density at radius 1 is 0.213 bits per heavy atom. The number of carbonyl (C=O) groups excluding carboxylic acids is 15. The molecule has 89 heavy (non-hydrogen) atoms. The summed E-state index contributed by atoms with van der Waals surface area (Å²) in [5, 5.41) is 161. The van der Waals surface area contributed by atoms with Crippen LogP contribution in [0.3, 0.4) is 0 Å². The number of carboxylic acid groups (broad SMARTS) is 15. The van der Waals surface area contributed by atoms with Gasteiger partial charge in [-0.1, -0.05) is 0 Å². The number of carboxylic acids is 15. The van der Waals surface area contributed by atoms with E-state index < -0.39 is 168 Å². The Balaban J connectivity index is -0.0000000941. The van der Waals surface area contributed by atoms with Crippen LogP contribution in [0.1, 0.15) is 0 Å². The first-order chi connectivity index (χ1) is 38.9. The Bertz CT molecular complexity index is 1630. The summed E-state index contributed by atoms with van der Waals surface area (Å²) in [4.78, 5) is 159. The fraction of sp³-hybridized carbons (Fsp3) is 0.643. The SMILES string of the molecule is NCCNCC(=O)[O-].NCCNCC(=O)[O-].NCCNCC(=O)[O-].O=C([O-])CN(CCN(CC(=O)[O-])CC(=O)[O-])CC(=O)[O-].O=C([O-])CN(CCN(CC(=O)[O-])CC(=O)[O-])CC(=O)[O-].O=C([O-])CN(CCN(CC(=O)[O-])CC(=O)[O-])CC(=O)[O-].[Gd+3].[Gd+3].[Gd+3].[Gd+3].[Gd+3]. The van der Waals surface area contributed by atoms with Gasteiger partial charge in [0.2, 0.25) is 0 Å². The molecule has 0 aliphatic heterocycles. The van der Waals surface area contributed by atoms with Crippen molar-refractivity contribution in [2.75, 3.05) is 177 Å². The van der Waals surface area contributed by atoms with E-state index >= 15 is 0 Å². The van der Waals surface area contributed by atoms with Crippen LogP contribution in [0.25, 0.3) is 0 Å². The zero-order chi connectivity index (χ0) is 66.3. The molecule has 0 amide bonds. The molecule has 0 unspecified atom stereocenters. The molecule has 0 bridgehead atoms. The van der Waals surface area contributed by atoms with Crippen LogP contribution in [0.2, 0.25) is 0 Å². The predicted molar refractivity (Wildman–Crippen MR) is 240 cm³/mol. The van der Waals surface area contributed by atoms with Crippen molar-refractivity contribution in [3.8, 4) is 0 Å². The van der Waals surface area contributed by atoms with Crippen LogP contribution in [-0.4, -0.2) is 296 Å². The number of aliphatic carboxylic acids is 15. The fourth-order valence-corrected chi connectivity index (χ4v) is 5.20. The van der Waals surface area contributed by atoms with E-state index in [0.29, 0.717) is 39.3 Å². The molecular formula is C42H63Gd5N12O30. The normalized spacial score (nSPS) is 9.67. The number of carbonyl (C=O) groups is 15. The number of hydrogen-bond acceptors (Lipinski definition) is 42. The van der Waals surface area contributed by atoms with Crippen LogP contribution in [-0.2, 0) is 71.9 Å². The third-order valence-corrected chi connectivity index (χ3v) is 8.20. The summed E-state index contributed by atoms with van der Waals surface area (Å²) in [5.74, 6) is -21.7. The van der Waals surface area contributed by atoms with Crippen molar-refractivity contribution >= 4 is 89.5 Å². The summed E-state index contributed by atoms with van der Waals surface area (Å²) in [6.07, 6.45) is 0. The molecule has 0 atom stereocenters. The van der Waals surface area contributed by atoms with Crippen molar-refractivity contribution in [1.29, 1.82) is 0 Å². The van der Waals surface area contributed by atoms with Gasteiger partial charge >= 0.3 is 200 Å². The molecule has 0 saturated carbocycles. The second kappa shape index (κ2) is 75.2. The van der Waals surface area contributed by atoms with Gasteiger partial charge in [-0.15, -0.1) is 0 Å². The van der Waals surface area contributed by atoms with Crippen molar-refractivity contribution in [3.63, 3.8) is 0 Å². The second-order valence-corrected chi connectivity index (χ2v) is 15.7. The van der Waals surface area contributed by atoms with Gasteiger partial charge in [-0.3, -0.25) is 29.4 Å². The number of nitrogens with zero attached hydrogens (tertiary/aromatic N) is 6. The molecule has 0 saturated heterocycles. The molecule has 0 heterocycles. The molecule has 0 aromatic rings. The van der Waals surface area contributed by atoms with Crippen LogP contribution >= 0.6 is 0 Å². The van der Waals surface area contributed by atoms with E-state index in [1.807, 2.05) is 0 Å². The summed E-state index contributed by atoms with van der Waals surface area (Å²) >= 11 is 0. The number of nitrogens with two attached hydrogens (primary N) is 3. The van der Waals surface area contributed by atoms with Gasteiger partial charge in [0.05, 0.1) is 89.5 Å². The average molecular weight is 2000 g/mol. The minimum Gasteiger partial charge on any atom is -0.549 e. The van der Waals surface area contributed by atoms with Gasteiger partial charge < -0.3 is 182 Å². The minimum atomic E-state index is -1.53. The van der Waals surface area contributed by atoms with E-state index in [-0.39, 0.29) is 259 Å². The minimum absolute atomic E-state index is 0. The summed E-state index contributed by atoms with van der Waals surface area (Å²) in [6, 6.07) is 0. The van der Waals surface area contributed by atoms with Crippen molar-refractivity contribution in [1.82, 2.24) is 45.3 Å². The van der Waals surface area contributed by atoms with Crippen molar-refractivity contribution in [2.45, 2.75) is 0 Å². The quantitative estimate of drug-likeness (QED) is 0.0308. The Hall–Kier alpha value is -1.81. The van der Waals surface area contributed by atoms with Gasteiger partial charge in [0.25, 0.3) is 0 Å². The van der Waals surface area contributed by atoms with Gasteiger partial charge in [0.15, 0.2) is 0 Å². The van der Waals surface area contributed by atoms with E-state index in [4.69, 9.17) is 17.2 Å². The first-order valence-corrected chi connectivity index (χ1v) is 23.5. The van der Waals surface area contributed by atoms with Gasteiger partial charge in [-0.2, -0.15) is 0 Å². The van der Waals surface area contributed by atoms with Crippen LogP contribution in [0.4, 0.5) is 0 Å². The molecule has 0 aromatic carbocycles. The van der Waals surface area contributed by atoms with Crippen LogP contribution in [0.15, 0.2) is 0 Å². The second-order valence-electron chi connectivity index (χ2n) is 15.7. The summed E-state index contributed by atoms with van der Waals surface area (Å²) < 4.78 is 0. The Morgan fingerprint density at radius 3 is 0.382 bits per heavy atom. The molecule has 0 spiro atoms. The van der Waals surface area contributed by atoms with E-state index in [1.165, 1.54) is 0 Å².